The zero-order chi connectivity index (χ0) is 14.1. The van der Waals surface area contributed by atoms with Gasteiger partial charge in [0.15, 0.2) is 5.71 Å². The Morgan fingerprint density at radius 3 is 3.05 bits per heavy atom. The minimum Gasteiger partial charge on any atom is -0.378 e. The van der Waals surface area contributed by atoms with Gasteiger partial charge in [-0.2, -0.15) is 0 Å². The second kappa shape index (κ2) is 5.20. The third-order valence-corrected chi connectivity index (χ3v) is 4.27. The lowest BCUT2D eigenvalue weighted by molar-refractivity contribution is -0.136. The highest BCUT2D eigenvalue weighted by Crippen LogP contribution is 2.26. The molecule has 3 heterocycles. The molecule has 6 heteroatoms. The molecule has 1 aromatic rings. The molecule has 1 saturated heterocycles. The number of thiazole rings is 1. The molecule has 0 atom stereocenters. The number of oxime groups is 1. The first-order valence-electron chi connectivity index (χ1n) is 6.49. The van der Waals surface area contributed by atoms with Gasteiger partial charge in [0, 0.05) is 30.9 Å². The highest BCUT2D eigenvalue weighted by molar-refractivity contribution is 7.12. The summed E-state index contributed by atoms with van der Waals surface area (Å²) in [6, 6.07) is 0. The maximum absolute atomic E-state index is 11.9. The second-order valence-electron chi connectivity index (χ2n) is 4.87. The van der Waals surface area contributed by atoms with Crippen molar-refractivity contribution in [2.75, 3.05) is 13.6 Å². The molecular weight excluding hydrogens is 274 g/mol. The Balaban J connectivity index is 1.99. The number of rotatable bonds is 2. The number of hydrogen-bond donors (Lipinski definition) is 0. The molecule has 1 fully saturated rings. The molecule has 0 unspecified atom stereocenters. The van der Waals surface area contributed by atoms with Crippen LogP contribution in [0.15, 0.2) is 39.7 Å². The number of carbonyl (C=O) groups excluding carboxylic acids is 1. The van der Waals surface area contributed by atoms with Gasteiger partial charge in [-0.25, -0.2) is 9.78 Å². The highest BCUT2D eigenvalue weighted by Gasteiger charge is 2.30. The molecule has 0 aromatic carbocycles. The van der Waals surface area contributed by atoms with Crippen molar-refractivity contribution in [1.29, 1.82) is 0 Å². The lowest BCUT2D eigenvalue weighted by Crippen LogP contribution is -2.12. The number of aromatic nitrogens is 1. The molecular formula is C14H15N3O2S. The summed E-state index contributed by atoms with van der Waals surface area (Å²) >= 11 is 1.45. The molecule has 5 nitrogen and oxygen atoms in total. The van der Waals surface area contributed by atoms with Crippen LogP contribution in [0, 0.1) is 0 Å². The van der Waals surface area contributed by atoms with Gasteiger partial charge in [0.2, 0.25) is 0 Å². The van der Waals surface area contributed by atoms with Gasteiger partial charge in [0.05, 0.1) is 5.57 Å². The van der Waals surface area contributed by atoms with Gasteiger partial charge in [0.1, 0.15) is 5.01 Å². The maximum atomic E-state index is 11.9. The van der Waals surface area contributed by atoms with Crippen LogP contribution in [-0.4, -0.2) is 35.2 Å². The average molecular weight is 289 g/mol. The van der Waals surface area contributed by atoms with Gasteiger partial charge in [-0.1, -0.05) is 5.16 Å². The predicted molar refractivity (Wildman–Crippen MR) is 77.4 cm³/mol. The Morgan fingerprint density at radius 1 is 1.55 bits per heavy atom. The maximum Gasteiger partial charge on any atom is 0.368 e. The smallest absolute Gasteiger partial charge is 0.368 e. The number of nitrogens with zero attached hydrogens (tertiary/aromatic N) is 3. The summed E-state index contributed by atoms with van der Waals surface area (Å²) < 4.78 is 0. The van der Waals surface area contributed by atoms with Crippen molar-refractivity contribution in [3.8, 4) is 0 Å². The van der Waals surface area contributed by atoms with Gasteiger partial charge >= 0.3 is 5.97 Å². The van der Waals surface area contributed by atoms with E-state index in [1.165, 1.54) is 17.0 Å². The van der Waals surface area contributed by atoms with E-state index in [1.54, 1.807) is 6.20 Å². The highest BCUT2D eigenvalue weighted by atomic mass is 32.1. The van der Waals surface area contributed by atoms with E-state index < -0.39 is 5.97 Å². The molecule has 0 N–H and O–H groups in total. The number of allylic oxidation sites excluding steroid dienone is 3. The SMILES string of the molecule is CC(/C=C1\CCCN1C)=C1C(=O)ON=C1c1nccs1. The summed E-state index contributed by atoms with van der Waals surface area (Å²) in [4.78, 5) is 23.2. The molecule has 0 bridgehead atoms. The molecule has 0 aliphatic carbocycles. The van der Waals surface area contributed by atoms with E-state index in [0.717, 1.165) is 25.0 Å². The average Bonchev–Trinajstić information content (AvgIpc) is 3.11. The number of likely N-dealkylation sites (tertiary alicyclic amines) is 1. The van der Waals surface area contributed by atoms with Crippen LogP contribution in [0.4, 0.5) is 0 Å². The Morgan fingerprint density at radius 2 is 2.40 bits per heavy atom. The first-order chi connectivity index (χ1) is 9.66. The van der Waals surface area contributed by atoms with Gasteiger partial charge in [-0.15, -0.1) is 11.3 Å². The summed E-state index contributed by atoms with van der Waals surface area (Å²) in [5.74, 6) is -0.398. The van der Waals surface area contributed by atoms with Crippen LogP contribution in [0.3, 0.4) is 0 Å². The van der Waals surface area contributed by atoms with Gasteiger partial charge in [-0.05, 0) is 31.4 Å². The summed E-state index contributed by atoms with van der Waals surface area (Å²) in [7, 11) is 2.07. The molecule has 0 amide bonds. The van der Waals surface area contributed by atoms with E-state index in [1.807, 2.05) is 12.3 Å². The van der Waals surface area contributed by atoms with Crippen LogP contribution in [0.5, 0.6) is 0 Å². The Hall–Kier alpha value is -1.95. The number of hydrogen-bond acceptors (Lipinski definition) is 6. The quantitative estimate of drug-likeness (QED) is 0.619. The normalized spacial score (nSPS) is 23.3. The van der Waals surface area contributed by atoms with Crippen molar-refractivity contribution in [3.63, 3.8) is 0 Å². The largest absolute Gasteiger partial charge is 0.378 e. The Kier molecular flexibility index (Phi) is 3.40. The molecule has 1 aromatic heterocycles. The zero-order valence-electron chi connectivity index (χ0n) is 11.4. The van der Waals surface area contributed by atoms with Crippen molar-refractivity contribution < 1.29 is 9.63 Å². The minimum atomic E-state index is -0.398. The summed E-state index contributed by atoms with van der Waals surface area (Å²) in [6.45, 7) is 2.98. The van der Waals surface area contributed by atoms with E-state index in [0.29, 0.717) is 16.3 Å². The molecule has 0 spiro atoms. The predicted octanol–water partition coefficient (Wildman–Crippen LogP) is 2.33. The van der Waals surface area contributed by atoms with Crippen LogP contribution in [-0.2, 0) is 9.63 Å². The summed E-state index contributed by atoms with van der Waals surface area (Å²) in [6.07, 6.45) is 5.95. The van der Waals surface area contributed by atoms with E-state index in [4.69, 9.17) is 4.84 Å². The van der Waals surface area contributed by atoms with Gasteiger partial charge < -0.3 is 9.74 Å². The molecule has 2 aliphatic heterocycles. The van der Waals surface area contributed by atoms with Crippen molar-refractivity contribution in [2.45, 2.75) is 19.8 Å². The summed E-state index contributed by atoms with van der Waals surface area (Å²) in [5, 5.41) is 6.44. The van der Waals surface area contributed by atoms with Gasteiger partial charge in [-0.3, -0.25) is 0 Å². The van der Waals surface area contributed by atoms with Crippen LogP contribution in [0.1, 0.15) is 24.8 Å². The standard InChI is InChI=1S/C14H15N3O2S/c1-9(8-10-4-3-6-17(10)2)11-12(16-19-14(11)18)13-15-5-7-20-13/h5,7-8H,3-4,6H2,1-2H3/b10-8+,11-9?. The first-order valence-corrected chi connectivity index (χ1v) is 7.37. The molecule has 104 valence electrons. The fraction of sp³-hybridized carbons (Fsp3) is 0.357. The van der Waals surface area contributed by atoms with Crippen LogP contribution in [0.25, 0.3) is 0 Å². The lowest BCUT2D eigenvalue weighted by Gasteiger charge is -2.12. The van der Waals surface area contributed by atoms with E-state index >= 15 is 0 Å². The van der Waals surface area contributed by atoms with Crippen molar-refractivity contribution in [3.05, 3.63) is 39.5 Å². The van der Waals surface area contributed by atoms with E-state index in [2.05, 4.69) is 28.2 Å². The minimum absolute atomic E-state index is 0.398. The number of carbonyl (C=O) groups is 1. The van der Waals surface area contributed by atoms with Crippen molar-refractivity contribution >= 4 is 23.0 Å². The first kappa shape index (κ1) is 13.1. The molecule has 3 rings (SSSR count). The van der Waals surface area contributed by atoms with Crippen molar-refractivity contribution in [1.82, 2.24) is 9.88 Å². The monoisotopic (exact) mass is 289 g/mol. The Bertz CT molecular complexity index is 629. The van der Waals surface area contributed by atoms with Crippen molar-refractivity contribution in [2.24, 2.45) is 5.16 Å². The third kappa shape index (κ3) is 2.27. The van der Waals surface area contributed by atoms with E-state index in [-0.39, 0.29) is 0 Å². The topological polar surface area (TPSA) is 54.8 Å². The second-order valence-corrected chi connectivity index (χ2v) is 5.77. The van der Waals surface area contributed by atoms with Crippen LogP contribution in [0.2, 0.25) is 0 Å². The lowest BCUT2D eigenvalue weighted by atomic mass is 10.0. The Labute approximate surface area is 121 Å². The zero-order valence-corrected chi connectivity index (χ0v) is 12.2. The molecule has 0 radical (unpaired) electrons. The molecule has 2 aliphatic rings. The van der Waals surface area contributed by atoms with Crippen LogP contribution < -0.4 is 0 Å². The molecule has 20 heavy (non-hydrogen) atoms. The van der Waals surface area contributed by atoms with Gasteiger partial charge in [0.25, 0.3) is 0 Å². The third-order valence-electron chi connectivity index (χ3n) is 3.49. The van der Waals surface area contributed by atoms with Crippen LogP contribution >= 0.6 is 11.3 Å². The van der Waals surface area contributed by atoms with E-state index in [9.17, 15) is 4.79 Å². The fourth-order valence-electron chi connectivity index (χ4n) is 2.45. The fourth-order valence-corrected chi connectivity index (χ4v) is 3.07. The molecule has 0 saturated carbocycles. The summed E-state index contributed by atoms with van der Waals surface area (Å²) in [5.41, 5.74) is 3.19.